The number of carbonyl (C=O) groups excluding carboxylic acids is 1. The number of rotatable bonds is 5. The molecule has 1 heterocycles. The predicted molar refractivity (Wildman–Crippen MR) is 80.5 cm³/mol. The number of halogens is 1. The highest BCUT2D eigenvalue weighted by atomic mass is 35.5. The summed E-state index contributed by atoms with van der Waals surface area (Å²) in [7, 11) is 0. The zero-order valence-corrected chi connectivity index (χ0v) is 11.7. The first-order valence-electron chi connectivity index (χ1n) is 6.37. The van der Waals surface area contributed by atoms with Crippen molar-refractivity contribution in [1.82, 2.24) is 4.98 Å². The van der Waals surface area contributed by atoms with Crippen molar-refractivity contribution in [2.24, 2.45) is 5.73 Å². The van der Waals surface area contributed by atoms with E-state index in [-0.39, 0.29) is 11.9 Å². The first-order valence-corrected chi connectivity index (χ1v) is 6.75. The van der Waals surface area contributed by atoms with Gasteiger partial charge in [0.05, 0.1) is 11.9 Å². The fourth-order valence-electron chi connectivity index (χ4n) is 1.83. The largest absolute Gasteiger partial charge is 0.325 e. The number of amides is 1. The van der Waals surface area contributed by atoms with Crippen LogP contribution in [0.2, 0.25) is 5.15 Å². The van der Waals surface area contributed by atoms with Crippen LogP contribution >= 0.6 is 11.6 Å². The topological polar surface area (TPSA) is 68.0 Å². The van der Waals surface area contributed by atoms with E-state index in [2.05, 4.69) is 10.3 Å². The summed E-state index contributed by atoms with van der Waals surface area (Å²) in [6.07, 6.45) is 2.48. The van der Waals surface area contributed by atoms with Crippen LogP contribution in [-0.4, -0.2) is 10.9 Å². The normalized spacial score (nSPS) is 11.9. The molecule has 104 valence electrons. The second kappa shape index (κ2) is 7.03. The van der Waals surface area contributed by atoms with Crippen molar-refractivity contribution in [2.45, 2.75) is 18.9 Å². The molecule has 0 aliphatic carbocycles. The molecule has 1 atom stereocenters. The highest BCUT2D eigenvalue weighted by Gasteiger charge is 2.09. The average Bonchev–Trinajstić information content (AvgIpc) is 2.48. The van der Waals surface area contributed by atoms with Gasteiger partial charge in [-0.25, -0.2) is 4.98 Å². The van der Waals surface area contributed by atoms with E-state index in [1.807, 2.05) is 30.3 Å². The molecule has 0 bridgehead atoms. The lowest BCUT2D eigenvalue weighted by Crippen LogP contribution is -2.16. The van der Waals surface area contributed by atoms with Crippen molar-refractivity contribution in [3.63, 3.8) is 0 Å². The van der Waals surface area contributed by atoms with Gasteiger partial charge in [-0.1, -0.05) is 41.9 Å². The van der Waals surface area contributed by atoms with Gasteiger partial charge in [0.15, 0.2) is 0 Å². The lowest BCUT2D eigenvalue weighted by Gasteiger charge is -2.11. The Balaban J connectivity index is 1.82. The third-order valence-corrected chi connectivity index (χ3v) is 3.14. The van der Waals surface area contributed by atoms with Crippen molar-refractivity contribution >= 4 is 23.2 Å². The fourth-order valence-corrected chi connectivity index (χ4v) is 1.94. The highest BCUT2D eigenvalue weighted by Crippen LogP contribution is 2.16. The van der Waals surface area contributed by atoms with Gasteiger partial charge in [-0.05, 0) is 24.1 Å². The minimum Gasteiger partial charge on any atom is -0.325 e. The van der Waals surface area contributed by atoms with Gasteiger partial charge in [0.2, 0.25) is 5.91 Å². The SMILES string of the molecule is NC(CCC(=O)Nc1ccc(Cl)nc1)c1ccccc1. The summed E-state index contributed by atoms with van der Waals surface area (Å²) < 4.78 is 0. The van der Waals surface area contributed by atoms with Gasteiger partial charge in [0.1, 0.15) is 5.15 Å². The van der Waals surface area contributed by atoms with E-state index in [0.717, 1.165) is 5.56 Å². The average molecular weight is 290 g/mol. The van der Waals surface area contributed by atoms with E-state index in [1.54, 1.807) is 12.1 Å². The van der Waals surface area contributed by atoms with E-state index >= 15 is 0 Å². The lowest BCUT2D eigenvalue weighted by molar-refractivity contribution is -0.116. The maximum absolute atomic E-state index is 11.8. The Labute approximate surface area is 123 Å². The number of nitrogens with one attached hydrogen (secondary N) is 1. The molecule has 2 rings (SSSR count). The Morgan fingerprint density at radius 1 is 1.25 bits per heavy atom. The van der Waals surface area contributed by atoms with Gasteiger partial charge in [-0.15, -0.1) is 0 Å². The van der Waals surface area contributed by atoms with Crippen LogP contribution in [0, 0.1) is 0 Å². The van der Waals surface area contributed by atoms with Crippen LogP contribution < -0.4 is 11.1 Å². The smallest absolute Gasteiger partial charge is 0.224 e. The van der Waals surface area contributed by atoms with Crippen molar-refractivity contribution in [3.8, 4) is 0 Å². The molecular weight excluding hydrogens is 274 g/mol. The van der Waals surface area contributed by atoms with E-state index in [0.29, 0.717) is 23.7 Å². The summed E-state index contributed by atoms with van der Waals surface area (Å²) >= 11 is 5.68. The Morgan fingerprint density at radius 2 is 2.00 bits per heavy atom. The Bertz CT molecular complexity index is 557. The fraction of sp³-hybridized carbons (Fsp3) is 0.200. The molecule has 0 saturated carbocycles. The minimum atomic E-state index is -0.134. The summed E-state index contributed by atoms with van der Waals surface area (Å²) in [5, 5.41) is 3.16. The zero-order chi connectivity index (χ0) is 14.4. The number of hydrogen-bond acceptors (Lipinski definition) is 3. The number of anilines is 1. The molecule has 2 aromatic rings. The maximum atomic E-state index is 11.8. The van der Waals surface area contributed by atoms with E-state index < -0.39 is 0 Å². The summed E-state index contributed by atoms with van der Waals surface area (Å²) in [6, 6.07) is 13.0. The summed E-state index contributed by atoms with van der Waals surface area (Å²) in [4.78, 5) is 15.7. The van der Waals surface area contributed by atoms with Crippen molar-refractivity contribution in [1.29, 1.82) is 0 Å². The second-order valence-corrected chi connectivity index (χ2v) is 4.86. The molecule has 0 saturated heterocycles. The third-order valence-electron chi connectivity index (χ3n) is 2.92. The molecule has 3 N–H and O–H groups in total. The number of carbonyl (C=O) groups is 1. The highest BCUT2D eigenvalue weighted by molar-refractivity contribution is 6.29. The zero-order valence-electron chi connectivity index (χ0n) is 10.9. The predicted octanol–water partition coefficient (Wildman–Crippen LogP) is 3.15. The molecule has 0 aliphatic rings. The molecule has 1 unspecified atom stereocenters. The Kier molecular flexibility index (Phi) is 5.09. The summed E-state index contributed by atoms with van der Waals surface area (Å²) in [5.41, 5.74) is 7.71. The van der Waals surface area contributed by atoms with Gasteiger partial charge in [0, 0.05) is 12.5 Å². The molecule has 5 heteroatoms. The van der Waals surface area contributed by atoms with Crippen molar-refractivity contribution < 1.29 is 4.79 Å². The minimum absolute atomic E-state index is 0.0829. The van der Waals surface area contributed by atoms with Crippen LogP contribution in [0.25, 0.3) is 0 Å². The van der Waals surface area contributed by atoms with Crippen LogP contribution in [0.15, 0.2) is 48.7 Å². The molecule has 0 spiro atoms. The number of benzene rings is 1. The molecule has 0 radical (unpaired) electrons. The summed E-state index contributed by atoms with van der Waals surface area (Å²) in [6.45, 7) is 0. The molecular formula is C15H16ClN3O. The lowest BCUT2D eigenvalue weighted by atomic mass is 10.0. The van der Waals surface area contributed by atoms with Crippen LogP contribution in [0.5, 0.6) is 0 Å². The van der Waals surface area contributed by atoms with Crippen molar-refractivity contribution in [3.05, 3.63) is 59.4 Å². The van der Waals surface area contributed by atoms with E-state index in [4.69, 9.17) is 17.3 Å². The molecule has 1 aromatic heterocycles. The second-order valence-electron chi connectivity index (χ2n) is 4.47. The van der Waals surface area contributed by atoms with Crippen molar-refractivity contribution in [2.75, 3.05) is 5.32 Å². The maximum Gasteiger partial charge on any atom is 0.224 e. The number of aromatic nitrogens is 1. The molecule has 1 aromatic carbocycles. The quantitative estimate of drug-likeness (QED) is 0.831. The summed E-state index contributed by atoms with van der Waals surface area (Å²) in [5.74, 6) is -0.0829. The van der Waals surface area contributed by atoms with Gasteiger partial charge in [-0.2, -0.15) is 0 Å². The first-order chi connectivity index (χ1) is 9.65. The van der Waals surface area contributed by atoms with Gasteiger partial charge < -0.3 is 11.1 Å². The number of nitrogens with two attached hydrogens (primary N) is 1. The molecule has 1 amide bonds. The Hall–Kier alpha value is -1.91. The third kappa shape index (κ3) is 4.33. The number of pyridine rings is 1. The Morgan fingerprint density at radius 3 is 2.65 bits per heavy atom. The van der Waals surface area contributed by atoms with Crippen LogP contribution in [-0.2, 0) is 4.79 Å². The van der Waals surface area contributed by atoms with Gasteiger partial charge in [0.25, 0.3) is 0 Å². The number of hydrogen-bond donors (Lipinski definition) is 2. The van der Waals surface area contributed by atoms with Gasteiger partial charge >= 0.3 is 0 Å². The van der Waals surface area contributed by atoms with Crippen LogP contribution in [0.1, 0.15) is 24.4 Å². The van der Waals surface area contributed by atoms with Gasteiger partial charge in [-0.3, -0.25) is 4.79 Å². The van der Waals surface area contributed by atoms with Crippen LogP contribution in [0.4, 0.5) is 5.69 Å². The molecule has 0 fully saturated rings. The van der Waals surface area contributed by atoms with Crippen LogP contribution in [0.3, 0.4) is 0 Å². The monoisotopic (exact) mass is 289 g/mol. The molecule has 20 heavy (non-hydrogen) atoms. The van der Waals surface area contributed by atoms with E-state index in [1.165, 1.54) is 6.20 Å². The first kappa shape index (κ1) is 14.5. The molecule has 4 nitrogen and oxygen atoms in total. The number of nitrogens with zero attached hydrogens (tertiary/aromatic N) is 1. The molecule has 0 aliphatic heterocycles. The van der Waals surface area contributed by atoms with E-state index in [9.17, 15) is 4.79 Å². The standard InChI is InChI=1S/C15H16ClN3O/c16-14-8-6-12(10-18-14)19-15(20)9-7-13(17)11-4-2-1-3-5-11/h1-6,8,10,13H,7,9,17H2,(H,19,20).